The number of carbonyl (C=O) groups is 1. The molecule has 4 aromatic rings. The smallest absolute Gasteiger partial charge is 0.324 e. The zero-order chi connectivity index (χ0) is 25.6. The molecule has 2 fully saturated rings. The Balaban J connectivity index is 1.44. The molecule has 0 atom stereocenters. The fourth-order valence-electron chi connectivity index (χ4n) is 5.67. The van der Waals surface area contributed by atoms with E-state index in [2.05, 4.69) is 19.8 Å². The maximum atomic E-state index is 12.4. The van der Waals surface area contributed by atoms with E-state index in [1.165, 1.54) is 0 Å². The summed E-state index contributed by atoms with van der Waals surface area (Å²) in [5.41, 5.74) is 2.11. The fraction of sp³-hybridized carbons (Fsp3) is 0.333. The van der Waals surface area contributed by atoms with Crippen LogP contribution in [-0.4, -0.2) is 67.2 Å². The van der Waals surface area contributed by atoms with E-state index in [0.29, 0.717) is 58.8 Å². The van der Waals surface area contributed by atoms with Gasteiger partial charge in [-0.2, -0.15) is 0 Å². The largest absolute Gasteiger partial charge is 0.480 e. The molecule has 0 amide bonds. The second-order valence-electron chi connectivity index (χ2n) is 9.61. The summed E-state index contributed by atoms with van der Waals surface area (Å²) in [6.07, 6.45) is 4.71. The number of rotatable bonds is 5. The topological polar surface area (TPSA) is 87.4 Å². The minimum absolute atomic E-state index is 0.531. The predicted molar refractivity (Wildman–Crippen MR) is 145 cm³/mol. The molecule has 2 aromatic heterocycles. The van der Waals surface area contributed by atoms with Crippen molar-refractivity contribution < 1.29 is 9.90 Å². The number of benzene rings is 2. The molecule has 6 rings (SSSR count). The van der Waals surface area contributed by atoms with Gasteiger partial charge in [0.2, 0.25) is 0 Å². The van der Waals surface area contributed by atoms with Crippen molar-refractivity contribution in [3.8, 4) is 17.1 Å². The number of aliphatic carboxylic acids is 1. The van der Waals surface area contributed by atoms with Gasteiger partial charge >= 0.3 is 5.97 Å². The van der Waals surface area contributed by atoms with Crippen LogP contribution in [0.3, 0.4) is 0 Å². The standard InChI is InChI=1S/C27H26Cl2N6O2/c28-18-7-9-19(10-8-18)35-23(20-5-1-2-6-21(20)29)32-22-24(30-17-31-25(22)35)33-15-11-27(12-16-33,26(36)37)34-13-3-4-14-34/h1-2,5-10,17H,3-4,11-16H2,(H,36,37). The van der Waals surface area contributed by atoms with Crippen LogP contribution in [-0.2, 0) is 4.79 Å². The number of carboxylic acid groups (broad SMARTS) is 1. The van der Waals surface area contributed by atoms with Crippen molar-refractivity contribution >= 4 is 46.2 Å². The molecule has 10 heteroatoms. The number of likely N-dealkylation sites (tertiary alicyclic amines) is 1. The van der Waals surface area contributed by atoms with Gasteiger partial charge in [-0.05, 0) is 75.2 Å². The van der Waals surface area contributed by atoms with Crippen molar-refractivity contribution in [1.82, 2.24) is 24.4 Å². The lowest BCUT2D eigenvalue weighted by Crippen LogP contribution is -2.59. The second kappa shape index (κ2) is 9.59. The Morgan fingerprint density at radius 3 is 2.30 bits per heavy atom. The molecule has 0 spiro atoms. The molecule has 37 heavy (non-hydrogen) atoms. The average molecular weight is 537 g/mol. The summed E-state index contributed by atoms with van der Waals surface area (Å²) in [6.45, 7) is 2.84. The van der Waals surface area contributed by atoms with E-state index in [1.807, 2.05) is 53.1 Å². The Kier molecular flexibility index (Phi) is 6.26. The predicted octanol–water partition coefficient (Wildman–Crippen LogP) is 5.31. The molecule has 2 saturated heterocycles. The summed E-state index contributed by atoms with van der Waals surface area (Å²) in [5.74, 6) is 0.625. The Bertz CT molecular complexity index is 1460. The van der Waals surface area contributed by atoms with Crippen molar-refractivity contribution in [3.05, 3.63) is 64.9 Å². The maximum absolute atomic E-state index is 12.4. The number of fused-ring (bicyclic) bond motifs is 1. The number of carboxylic acids is 1. The summed E-state index contributed by atoms with van der Waals surface area (Å²) in [5, 5.41) is 11.4. The Morgan fingerprint density at radius 2 is 1.62 bits per heavy atom. The number of nitrogens with zero attached hydrogens (tertiary/aromatic N) is 6. The highest BCUT2D eigenvalue weighted by Gasteiger charge is 2.47. The number of halogens is 2. The molecule has 0 radical (unpaired) electrons. The lowest BCUT2D eigenvalue weighted by molar-refractivity contribution is -0.152. The molecule has 8 nitrogen and oxygen atoms in total. The monoisotopic (exact) mass is 536 g/mol. The fourth-order valence-corrected chi connectivity index (χ4v) is 6.01. The van der Waals surface area contributed by atoms with E-state index < -0.39 is 11.5 Å². The summed E-state index contributed by atoms with van der Waals surface area (Å²) >= 11 is 12.8. The third kappa shape index (κ3) is 4.13. The molecular formula is C27H26Cl2N6O2. The summed E-state index contributed by atoms with van der Waals surface area (Å²) in [4.78, 5) is 31.0. The molecule has 2 aliphatic heterocycles. The van der Waals surface area contributed by atoms with Crippen molar-refractivity contribution in [2.45, 2.75) is 31.2 Å². The molecule has 0 unspecified atom stereocenters. The van der Waals surface area contributed by atoms with Crippen molar-refractivity contribution in [1.29, 1.82) is 0 Å². The van der Waals surface area contributed by atoms with Gasteiger partial charge in [0, 0.05) is 29.4 Å². The van der Waals surface area contributed by atoms with Crippen LogP contribution in [0.4, 0.5) is 5.82 Å². The molecule has 2 aromatic carbocycles. The first-order valence-electron chi connectivity index (χ1n) is 12.5. The van der Waals surface area contributed by atoms with E-state index in [-0.39, 0.29) is 0 Å². The number of piperidine rings is 1. The van der Waals surface area contributed by atoms with Crippen LogP contribution in [0.1, 0.15) is 25.7 Å². The highest BCUT2D eigenvalue weighted by atomic mass is 35.5. The highest BCUT2D eigenvalue weighted by Crippen LogP contribution is 2.38. The molecule has 0 bridgehead atoms. The number of anilines is 1. The Hall–Kier alpha value is -3.20. The van der Waals surface area contributed by atoms with Crippen LogP contribution in [0.2, 0.25) is 10.0 Å². The van der Waals surface area contributed by atoms with Gasteiger partial charge in [0.15, 0.2) is 17.0 Å². The van der Waals surface area contributed by atoms with Gasteiger partial charge in [-0.3, -0.25) is 14.3 Å². The normalized spacial score (nSPS) is 17.9. The molecule has 0 aliphatic carbocycles. The third-order valence-corrected chi connectivity index (χ3v) is 8.21. The Morgan fingerprint density at radius 1 is 0.919 bits per heavy atom. The van der Waals surface area contributed by atoms with E-state index in [9.17, 15) is 9.90 Å². The number of aromatic nitrogens is 4. The minimum atomic E-state index is -0.815. The quantitative estimate of drug-likeness (QED) is 0.369. The van der Waals surface area contributed by atoms with E-state index >= 15 is 0 Å². The summed E-state index contributed by atoms with van der Waals surface area (Å²) < 4.78 is 1.97. The first kappa shape index (κ1) is 24.2. The number of imidazole rings is 1. The van der Waals surface area contributed by atoms with Gasteiger partial charge in [-0.15, -0.1) is 0 Å². The van der Waals surface area contributed by atoms with Crippen LogP contribution in [0.25, 0.3) is 28.2 Å². The summed E-state index contributed by atoms with van der Waals surface area (Å²) in [7, 11) is 0. The Labute approximate surface area is 224 Å². The van der Waals surface area contributed by atoms with Crippen LogP contribution >= 0.6 is 23.2 Å². The molecular weight excluding hydrogens is 511 g/mol. The van der Waals surface area contributed by atoms with Gasteiger partial charge in [-0.25, -0.2) is 15.0 Å². The van der Waals surface area contributed by atoms with Crippen molar-refractivity contribution in [3.63, 3.8) is 0 Å². The number of hydrogen-bond donors (Lipinski definition) is 1. The average Bonchev–Trinajstić information content (AvgIpc) is 3.58. The highest BCUT2D eigenvalue weighted by molar-refractivity contribution is 6.33. The van der Waals surface area contributed by atoms with E-state index in [1.54, 1.807) is 6.33 Å². The van der Waals surface area contributed by atoms with Gasteiger partial charge < -0.3 is 10.0 Å². The molecule has 2 aliphatic rings. The van der Waals surface area contributed by atoms with Crippen molar-refractivity contribution in [2.75, 3.05) is 31.1 Å². The third-order valence-electron chi connectivity index (χ3n) is 7.62. The van der Waals surface area contributed by atoms with E-state index in [0.717, 1.165) is 37.2 Å². The van der Waals surface area contributed by atoms with Crippen LogP contribution < -0.4 is 4.90 Å². The lowest BCUT2D eigenvalue weighted by Gasteiger charge is -2.44. The zero-order valence-corrected chi connectivity index (χ0v) is 21.7. The molecule has 0 saturated carbocycles. The van der Waals surface area contributed by atoms with Gasteiger partial charge in [-0.1, -0.05) is 35.3 Å². The van der Waals surface area contributed by atoms with Crippen LogP contribution in [0.5, 0.6) is 0 Å². The lowest BCUT2D eigenvalue weighted by atomic mass is 9.85. The molecule has 190 valence electrons. The molecule has 1 N–H and O–H groups in total. The second-order valence-corrected chi connectivity index (χ2v) is 10.5. The minimum Gasteiger partial charge on any atom is -0.480 e. The molecule has 4 heterocycles. The van der Waals surface area contributed by atoms with Crippen molar-refractivity contribution in [2.24, 2.45) is 0 Å². The summed E-state index contributed by atoms with van der Waals surface area (Å²) in [6, 6.07) is 15.1. The van der Waals surface area contributed by atoms with E-state index in [4.69, 9.17) is 28.2 Å². The first-order chi connectivity index (χ1) is 18.0. The van der Waals surface area contributed by atoms with Gasteiger partial charge in [0.05, 0.1) is 5.02 Å². The van der Waals surface area contributed by atoms with Crippen LogP contribution in [0, 0.1) is 0 Å². The number of hydrogen-bond acceptors (Lipinski definition) is 6. The SMILES string of the molecule is O=C(O)C1(N2CCCC2)CCN(c2ncnc3c2nc(-c2ccccc2Cl)n3-c2ccc(Cl)cc2)CC1. The van der Waals surface area contributed by atoms with Crippen LogP contribution in [0.15, 0.2) is 54.9 Å². The van der Waals surface area contributed by atoms with Gasteiger partial charge in [0.1, 0.15) is 17.7 Å². The zero-order valence-electron chi connectivity index (χ0n) is 20.1. The first-order valence-corrected chi connectivity index (χ1v) is 13.2. The maximum Gasteiger partial charge on any atom is 0.324 e. The van der Waals surface area contributed by atoms with Gasteiger partial charge in [0.25, 0.3) is 0 Å².